The summed E-state index contributed by atoms with van der Waals surface area (Å²) in [5.74, 6) is 1.09. The van der Waals surface area contributed by atoms with Gasteiger partial charge in [-0.2, -0.15) is 0 Å². The molecule has 1 amide bonds. The zero-order valence-corrected chi connectivity index (χ0v) is 20.2. The van der Waals surface area contributed by atoms with Crippen LogP contribution in [0.2, 0.25) is 0 Å². The summed E-state index contributed by atoms with van der Waals surface area (Å²) in [6.07, 6.45) is 3.32. The Hall–Kier alpha value is -3.88. The second kappa shape index (κ2) is 9.77. The van der Waals surface area contributed by atoms with Crippen LogP contribution in [0, 0.1) is 0 Å². The summed E-state index contributed by atoms with van der Waals surface area (Å²) in [4.78, 5) is 29.4. The number of methoxy groups -OCH3 is 2. The van der Waals surface area contributed by atoms with Crippen LogP contribution in [0.5, 0.6) is 5.75 Å². The van der Waals surface area contributed by atoms with E-state index < -0.39 is 0 Å². The standard InChI is InChI=1S/C27H24N2O5S/c1-32-13-11-28(17-21-7-4-12-34-21)26(30)23-16-22(19-5-3-6-20(15-19)33-2)27(31)29-10-8-18-9-14-35-25(18)24(23)29/h3-10,12,14-16H,11,13,17H2,1-2H3. The Morgan fingerprint density at radius 3 is 2.77 bits per heavy atom. The lowest BCUT2D eigenvalue weighted by Crippen LogP contribution is -2.34. The van der Waals surface area contributed by atoms with E-state index in [4.69, 9.17) is 13.9 Å². The van der Waals surface area contributed by atoms with Crippen molar-refractivity contribution in [3.63, 3.8) is 0 Å². The first-order valence-electron chi connectivity index (χ1n) is 11.1. The van der Waals surface area contributed by atoms with Gasteiger partial charge in [-0.3, -0.25) is 14.0 Å². The molecule has 8 heteroatoms. The molecule has 0 saturated heterocycles. The molecular formula is C27H24N2O5S. The summed E-state index contributed by atoms with van der Waals surface area (Å²) in [7, 11) is 3.18. The minimum absolute atomic E-state index is 0.199. The summed E-state index contributed by atoms with van der Waals surface area (Å²) in [5.41, 5.74) is 1.94. The minimum Gasteiger partial charge on any atom is -0.497 e. The number of nitrogens with zero attached hydrogens (tertiary/aromatic N) is 2. The molecule has 0 atom stereocenters. The number of thiophene rings is 1. The lowest BCUT2D eigenvalue weighted by Gasteiger charge is -2.23. The molecule has 0 aliphatic carbocycles. The molecule has 4 aromatic heterocycles. The summed E-state index contributed by atoms with van der Waals surface area (Å²) in [5, 5.41) is 2.94. The van der Waals surface area contributed by atoms with Gasteiger partial charge in [-0.25, -0.2) is 0 Å². The fraction of sp³-hybridized carbons (Fsp3) is 0.185. The zero-order valence-electron chi connectivity index (χ0n) is 19.4. The minimum atomic E-state index is -0.207. The van der Waals surface area contributed by atoms with Crippen LogP contribution in [-0.2, 0) is 11.3 Å². The van der Waals surface area contributed by atoms with E-state index in [-0.39, 0.29) is 18.0 Å². The Bertz CT molecular complexity index is 1550. The van der Waals surface area contributed by atoms with Crippen molar-refractivity contribution in [2.24, 2.45) is 0 Å². The van der Waals surface area contributed by atoms with Crippen molar-refractivity contribution in [3.8, 4) is 16.9 Å². The molecule has 0 saturated carbocycles. The summed E-state index contributed by atoms with van der Waals surface area (Å²) >= 11 is 1.51. The molecule has 0 N–H and O–H groups in total. The van der Waals surface area contributed by atoms with Crippen LogP contribution >= 0.6 is 11.3 Å². The third kappa shape index (κ3) is 4.34. The Balaban J connectivity index is 1.74. The fourth-order valence-corrected chi connectivity index (χ4v) is 5.13. The molecule has 4 heterocycles. The molecule has 0 aliphatic heterocycles. The monoisotopic (exact) mass is 488 g/mol. The van der Waals surface area contributed by atoms with Gasteiger partial charge < -0.3 is 18.8 Å². The van der Waals surface area contributed by atoms with E-state index in [0.29, 0.717) is 46.9 Å². The SMILES string of the molecule is COCCN(Cc1ccco1)C(=O)c1cc(-c2cccc(OC)c2)c(=O)n2ccc3ccsc3c12. The fourth-order valence-electron chi connectivity index (χ4n) is 4.18. The number of aromatic nitrogens is 1. The van der Waals surface area contributed by atoms with Crippen molar-refractivity contribution in [1.29, 1.82) is 0 Å². The van der Waals surface area contributed by atoms with Crippen molar-refractivity contribution in [2.75, 3.05) is 27.4 Å². The van der Waals surface area contributed by atoms with Crippen LogP contribution in [0.15, 0.2) is 81.6 Å². The highest BCUT2D eigenvalue weighted by molar-refractivity contribution is 7.18. The number of hydrogen-bond acceptors (Lipinski definition) is 6. The molecule has 7 nitrogen and oxygen atoms in total. The third-order valence-corrected chi connectivity index (χ3v) is 6.88. The third-order valence-electron chi connectivity index (χ3n) is 5.94. The van der Waals surface area contributed by atoms with Gasteiger partial charge in [-0.1, -0.05) is 12.1 Å². The van der Waals surface area contributed by atoms with Crippen LogP contribution in [0.4, 0.5) is 0 Å². The lowest BCUT2D eigenvalue weighted by molar-refractivity contribution is 0.0668. The molecule has 5 rings (SSSR count). The maximum absolute atomic E-state index is 14.1. The van der Waals surface area contributed by atoms with Crippen molar-refractivity contribution in [1.82, 2.24) is 9.30 Å². The topological polar surface area (TPSA) is 73.4 Å². The lowest BCUT2D eigenvalue weighted by atomic mass is 10.0. The molecule has 0 unspecified atom stereocenters. The molecule has 178 valence electrons. The van der Waals surface area contributed by atoms with Gasteiger partial charge in [0.05, 0.1) is 42.3 Å². The number of furan rings is 1. The first kappa shape index (κ1) is 22.9. The van der Waals surface area contributed by atoms with Crippen LogP contribution in [0.3, 0.4) is 0 Å². The van der Waals surface area contributed by atoms with Crippen molar-refractivity contribution in [2.45, 2.75) is 6.54 Å². The Morgan fingerprint density at radius 1 is 1.11 bits per heavy atom. The van der Waals surface area contributed by atoms with Gasteiger partial charge in [0.25, 0.3) is 11.5 Å². The number of fused-ring (bicyclic) bond motifs is 3. The molecule has 0 radical (unpaired) electrons. The average Bonchev–Trinajstić information content (AvgIpc) is 3.58. The molecule has 0 bridgehead atoms. The van der Waals surface area contributed by atoms with Crippen LogP contribution in [0.25, 0.3) is 26.7 Å². The van der Waals surface area contributed by atoms with Crippen molar-refractivity contribution in [3.05, 3.63) is 94.1 Å². The molecule has 35 heavy (non-hydrogen) atoms. The zero-order chi connectivity index (χ0) is 24.4. The molecule has 0 fully saturated rings. The van der Waals surface area contributed by atoms with Gasteiger partial charge in [0, 0.05) is 25.4 Å². The van der Waals surface area contributed by atoms with Crippen LogP contribution < -0.4 is 10.3 Å². The van der Waals surface area contributed by atoms with Crippen LogP contribution in [-0.4, -0.2) is 42.6 Å². The van der Waals surface area contributed by atoms with E-state index in [1.165, 1.54) is 11.3 Å². The molecule has 0 spiro atoms. The highest BCUT2D eigenvalue weighted by atomic mass is 32.1. The van der Waals surface area contributed by atoms with E-state index in [0.717, 1.165) is 10.1 Å². The van der Waals surface area contributed by atoms with E-state index in [2.05, 4.69) is 0 Å². The van der Waals surface area contributed by atoms with Gasteiger partial charge in [-0.05, 0) is 58.8 Å². The quantitative estimate of drug-likeness (QED) is 0.305. The highest BCUT2D eigenvalue weighted by Crippen LogP contribution is 2.31. The number of carbonyl (C=O) groups is 1. The number of ether oxygens (including phenoxy) is 2. The number of pyridine rings is 2. The highest BCUT2D eigenvalue weighted by Gasteiger charge is 2.24. The van der Waals surface area contributed by atoms with Crippen molar-refractivity contribution >= 4 is 32.8 Å². The summed E-state index contributed by atoms with van der Waals surface area (Å²) in [6.45, 7) is 1.03. The second-order valence-corrected chi connectivity index (χ2v) is 8.96. The Morgan fingerprint density at radius 2 is 2.00 bits per heavy atom. The van der Waals surface area contributed by atoms with Crippen LogP contribution in [0.1, 0.15) is 16.1 Å². The van der Waals surface area contributed by atoms with Gasteiger partial charge in [-0.15, -0.1) is 11.3 Å². The molecule has 0 aliphatic rings. The van der Waals surface area contributed by atoms with E-state index in [1.807, 2.05) is 41.8 Å². The van der Waals surface area contributed by atoms with E-state index >= 15 is 0 Å². The van der Waals surface area contributed by atoms with E-state index in [1.54, 1.807) is 54.2 Å². The normalized spacial score (nSPS) is 11.3. The summed E-state index contributed by atoms with van der Waals surface area (Å²) < 4.78 is 18.6. The van der Waals surface area contributed by atoms with E-state index in [9.17, 15) is 9.59 Å². The first-order chi connectivity index (χ1) is 17.1. The average molecular weight is 489 g/mol. The maximum atomic E-state index is 14.1. The first-order valence-corrected chi connectivity index (χ1v) is 12.0. The Labute approximate surface area is 205 Å². The van der Waals surface area contributed by atoms with Gasteiger partial charge >= 0.3 is 0 Å². The number of benzene rings is 1. The second-order valence-electron chi connectivity index (χ2n) is 8.05. The van der Waals surface area contributed by atoms with Gasteiger partial charge in [0.15, 0.2) is 0 Å². The van der Waals surface area contributed by atoms with Crippen molar-refractivity contribution < 1.29 is 18.7 Å². The number of amides is 1. The predicted molar refractivity (Wildman–Crippen MR) is 136 cm³/mol. The Kier molecular flexibility index (Phi) is 6.39. The predicted octanol–water partition coefficient (Wildman–Crippen LogP) is 5.07. The summed E-state index contributed by atoms with van der Waals surface area (Å²) in [6, 6.07) is 16.5. The molecule has 5 aromatic rings. The number of rotatable bonds is 8. The molecule has 1 aromatic carbocycles. The van der Waals surface area contributed by atoms with Gasteiger partial charge in [0.2, 0.25) is 0 Å². The number of carbonyl (C=O) groups excluding carboxylic acids is 1. The number of hydrogen-bond donors (Lipinski definition) is 0. The smallest absolute Gasteiger partial charge is 0.263 e. The molecular weight excluding hydrogens is 464 g/mol. The largest absolute Gasteiger partial charge is 0.497 e. The maximum Gasteiger partial charge on any atom is 0.263 e. The van der Waals surface area contributed by atoms with Gasteiger partial charge in [0.1, 0.15) is 11.5 Å².